The fraction of sp³-hybridized carbons (Fsp3) is 0.444. The molecule has 0 saturated carbocycles. The molecular weight excluding hydrogens is 324 g/mol. The number of carbonyl (C=O) groups is 4. The number of fused-ring (bicyclic) bond motifs is 1. The predicted octanol–water partition coefficient (Wildman–Crippen LogP) is 1.23. The molecule has 3 rings (SSSR count). The van der Waals surface area contributed by atoms with Gasteiger partial charge < -0.3 is 9.64 Å². The minimum Gasteiger partial charge on any atom is -0.467 e. The predicted molar refractivity (Wildman–Crippen MR) is 87.8 cm³/mol. The Labute approximate surface area is 145 Å². The topological polar surface area (TPSA) is 84.0 Å². The molecule has 7 heteroatoms. The van der Waals surface area contributed by atoms with E-state index in [4.69, 9.17) is 4.74 Å². The third-order valence-electron chi connectivity index (χ3n) is 4.84. The van der Waals surface area contributed by atoms with Crippen LogP contribution in [0.1, 0.15) is 46.9 Å². The Balaban J connectivity index is 1.91. The van der Waals surface area contributed by atoms with Gasteiger partial charge in [0.25, 0.3) is 11.8 Å². The number of benzene rings is 1. The molecule has 1 saturated heterocycles. The van der Waals surface area contributed by atoms with Gasteiger partial charge in [0.05, 0.1) is 18.2 Å². The van der Waals surface area contributed by atoms with Crippen LogP contribution in [0.15, 0.2) is 24.3 Å². The smallest absolute Gasteiger partial charge is 0.328 e. The molecule has 0 spiro atoms. The molecule has 0 bridgehead atoms. The number of likely N-dealkylation sites (tertiary alicyclic amines) is 1. The van der Waals surface area contributed by atoms with E-state index < -0.39 is 29.9 Å². The summed E-state index contributed by atoms with van der Waals surface area (Å²) in [5, 5.41) is 0. The van der Waals surface area contributed by atoms with Crippen molar-refractivity contribution in [3.05, 3.63) is 35.4 Å². The molecule has 25 heavy (non-hydrogen) atoms. The van der Waals surface area contributed by atoms with Crippen LogP contribution in [-0.2, 0) is 14.3 Å². The van der Waals surface area contributed by atoms with Crippen LogP contribution in [0.4, 0.5) is 0 Å². The Kier molecular flexibility index (Phi) is 4.57. The monoisotopic (exact) mass is 344 g/mol. The molecule has 2 aliphatic rings. The summed E-state index contributed by atoms with van der Waals surface area (Å²) in [5.74, 6) is -1.81. The molecule has 0 radical (unpaired) electrons. The largest absolute Gasteiger partial charge is 0.467 e. The minimum atomic E-state index is -0.887. The Morgan fingerprint density at radius 3 is 2.28 bits per heavy atom. The highest BCUT2D eigenvalue weighted by molar-refractivity contribution is 6.22. The van der Waals surface area contributed by atoms with Crippen molar-refractivity contribution in [2.75, 3.05) is 13.7 Å². The minimum absolute atomic E-state index is 0.317. The van der Waals surface area contributed by atoms with Crippen LogP contribution in [0.25, 0.3) is 0 Å². The van der Waals surface area contributed by atoms with Crippen molar-refractivity contribution in [1.29, 1.82) is 0 Å². The van der Waals surface area contributed by atoms with Gasteiger partial charge in [-0.15, -0.1) is 0 Å². The summed E-state index contributed by atoms with van der Waals surface area (Å²) in [5.41, 5.74) is 0.634. The second-order valence-electron chi connectivity index (χ2n) is 6.27. The van der Waals surface area contributed by atoms with Crippen molar-refractivity contribution in [2.45, 2.75) is 38.3 Å². The first-order valence-corrected chi connectivity index (χ1v) is 8.32. The number of hydrogen-bond donors (Lipinski definition) is 0. The second-order valence-corrected chi connectivity index (χ2v) is 6.27. The second kappa shape index (κ2) is 6.66. The van der Waals surface area contributed by atoms with Gasteiger partial charge in [-0.05, 0) is 38.3 Å². The number of nitrogens with zero attached hydrogens (tertiary/aromatic N) is 2. The van der Waals surface area contributed by atoms with Crippen LogP contribution in [-0.4, -0.2) is 59.2 Å². The number of hydrogen-bond acceptors (Lipinski definition) is 5. The van der Waals surface area contributed by atoms with Crippen molar-refractivity contribution < 1.29 is 23.9 Å². The molecule has 2 aliphatic heterocycles. The van der Waals surface area contributed by atoms with Crippen molar-refractivity contribution >= 4 is 23.7 Å². The average Bonchev–Trinajstić information content (AvgIpc) is 2.76. The van der Waals surface area contributed by atoms with Gasteiger partial charge in [-0.1, -0.05) is 12.1 Å². The number of amides is 3. The maximum atomic E-state index is 13.0. The van der Waals surface area contributed by atoms with Gasteiger partial charge in [-0.25, -0.2) is 4.79 Å². The third-order valence-corrected chi connectivity index (χ3v) is 4.84. The summed E-state index contributed by atoms with van der Waals surface area (Å²) in [6.07, 6.45) is 1.79. The van der Waals surface area contributed by atoms with Crippen LogP contribution in [0, 0.1) is 0 Å². The Bertz CT molecular complexity index is 710. The summed E-state index contributed by atoms with van der Waals surface area (Å²) in [6, 6.07) is 4.91. The quantitative estimate of drug-likeness (QED) is 0.608. The van der Waals surface area contributed by atoms with E-state index in [0.717, 1.165) is 4.90 Å². The summed E-state index contributed by atoms with van der Waals surface area (Å²) >= 11 is 0. The van der Waals surface area contributed by atoms with E-state index in [2.05, 4.69) is 0 Å². The van der Waals surface area contributed by atoms with Crippen LogP contribution in [0.3, 0.4) is 0 Å². The molecule has 0 N–H and O–H groups in total. The van der Waals surface area contributed by atoms with E-state index in [0.29, 0.717) is 36.9 Å². The molecule has 7 nitrogen and oxygen atoms in total. The van der Waals surface area contributed by atoms with Gasteiger partial charge in [-0.3, -0.25) is 19.3 Å². The first kappa shape index (κ1) is 17.1. The van der Waals surface area contributed by atoms with Crippen molar-refractivity contribution in [1.82, 2.24) is 9.80 Å². The molecule has 3 amide bonds. The highest BCUT2D eigenvalue weighted by Gasteiger charge is 2.45. The van der Waals surface area contributed by atoms with Gasteiger partial charge in [0, 0.05) is 6.54 Å². The highest BCUT2D eigenvalue weighted by Crippen LogP contribution is 2.29. The first-order valence-electron chi connectivity index (χ1n) is 8.32. The fourth-order valence-corrected chi connectivity index (χ4v) is 3.46. The zero-order chi connectivity index (χ0) is 18.1. The van der Waals surface area contributed by atoms with E-state index in [1.807, 2.05) is 0 Å². The summed E-state index contributed by atoms with van der Waals surface area (Å²) in [7, 11) is 1.27. The summed E-state index contributed by atoms with van der Waals surface area (Å²) < 4.78 is 4.73. The lowest BCUT2D eigenvalue weighted by Gasteiger charge is -2.31. The zero-order valence-electron chi connectivity index (χ0n) is 14.2. The van der Waals surface area contributed by atoms with Crippen LogP contribution in [0.2, 0.25) is 0 Å². The fourth-order valence-electron chi connectivity index (χ4n) is 3.46. The van der Waals surface area contributed by atoms with Gasteiger partial charge in [0.1, 0.15) is 12.1 Å². The maximum Gasteiger partial charge on any atom is 0.328 e. The Hall–Kier alpha value is -2.70. The lowest BCUT2D eigenvalue weighted by Crippen LogP contribution is -2.53. The Morgan fingerprint density at radius 1 is 1.12 bits per heavy atom. The molecule has 0 aromatic heterocycles. The van der Waals surface area contributed by atoms with E-state index in [1.165, 1.54) is 12.0 Å². The average molecular weight is 344 g/mol. The number of ether oxygens (including phenoxy) is 1. The number of esters is 1. The molecule has 2 heterocycles. The van der Waals surface area contributed by atoms with Gasteiger partial charge in [0.2, 0.25) is 5.91 Å². The van der Waals surface area contributed by atoms with E-state index in [-0.39, 0.29) is 5.91 Å². The van der Waals surface area contributed by atoms with Crippen molar-refractivity contribution in [3.63, 3.8) is 0 Å². The number of methoxy groups -OCH3 is 1. The van der Waals surface area contributed by atoms with Gasteiger partial charge in [0.15, 0.2) is 0 Å². The molecular formula is C18H20N2O5. The molecule has 0 unspecified atom stereocenters. The summed E-state index contributed by atoms with van der Waals surface area (Å²) in [4.78, 5) is 52.7. The number of rotatable bonds is 3. The third kappa shape index (κ3) is 2.79. The molecule has 1 fully saturated rings. The Morgan fingerprint density at radius 2 is 1.72 bits per heavy atom. The zero-order valence-corrected chi connectivity index (χ0v) is 14.2. The standard InChI is InChI=1S/C18H20N2O5/c1-11(18(24)25-2)19-10-6-5-9-14(17(19)23)20-15(21)12-7-3-4-8-13(12)16(20)22/h3-4,7-8,11,14H,5-6,9-10H2,1-2H3/t11-,14-/m0/s1. The summed E-state index contributed by atoms with van der Waals surface area (Å²) in [6.45, 7) is 1.99. The highest BCUT2D eigenvalue weighted by atomic mass is 16.5. The van der Waals surface area contributed by atoms with Gasteiger partial charge >= 0.3 is 5.97 Å². The van der Waals surface area contributed by atoms with Crippen molar-refractivity contribution in [3.8, 4) is 0 Å². The lowest BCUT2D eigenvalue weighted by atomic mass is 10.1. The first-order chi connectivity index (χ1) is 12.0. The molecule has 1 aromatic carbocycles. The van der Waals surface area contributed by atoms with Crippen LogP contribution in [0.5, 0.6) is 0 Å². The van der Waals surface area contributed by atoms with Gasteiger partial charge in [-0.2, -0.15) is 0 Å². The van der Waals surface area contributed by atoms with Crippen LogP contribution < -0.4 is 0 Å². The van der Waals surface area contributed by atoms with E-state index >= 15 is 0 Å². The number of carbonyl (C=O) groups excluding carboxylic acids is 4. The molecule has 2 atom stereocenters. The van der Waals surface area contributed by atoms with Crippen molar-refractivity contribution in [2.24, 2.45) is 0 Å². The lowest BCUT2D eigenvalue weighted by molar-refractivity contribution is -0.153. The van der Waals surface area contributed by atoms with Crippen LogP contribution >= 0.6 is 0 Å². The molecule has 1 aromatic rings. The molecule has 132 valence electrons. The maximum absolute atomic E-state index is 13.0. The molecule has 0 aliphatic carbocycles. The number of imide groups is 1. The van der Waals surface area contributed by atoms with E-state index in [1.54, 1.807) is 31.2 Å². The normalized spacial score (nSPS) is 21.8. The SMILES string of the molecule is COC(=O)[C@H](C)N1CCCC[C@H](N2C(=O)c3ccccc3C2=O)C1=O. The van der Waals surface area contributed by atoms with E-state index in [9.17, 15) is 19.2 Å².